The van der Waals surface area contributed by atoms with Gasteiger partial charge in [0.2, 0.25) is 0 Å². The third-order valence-corrected chi connectivity index (χ3v) is 4.73. The molecule has 1 aromatic rings. The van der Waals surface area contributed by atoms with E-state index in [1.54, 1.807) is 6.26 Å². The fourth-order valence-electron chi connectivity index (χ4n) is 3.25. The van der Waals surface area contributed by atoms with Gasteiger partial charge in [-0.1, -0.05) is 13.8 Å². The van der Waals surface area contributed by atoms with E-state index in [4.69, 9.17) is 4.42 Å². The van der Waals surface area contributed by atoms with Crippen molar-refractivity contribution in [3.05, 3.63) is 24.2 Å². The molecule has 0 bridgehead atoms. The summed E-state index contributed by atoms with van der Waals surface area (Å²) in [6.07, 6.45) is 4.42. The van der Waals surface area contributed by atoms with Gasteiger partial charge in [0.15, 0.2) is 0 Å². The summed E-state index contributed by atoms with van der Waals surface area (Å²) in [6, 6.07) is 4.43. The summed E-state index contributed by atoms with van der Waals surface area (Å²) in [7, 11) is 2.22. The van der Waals surface area contributed by atoms with Crippen LogP contribution in [0.1, 0.15) is 38.5 Å². The van der Waals surface area contributed by atoms with Gasteiger partial charge in [0.1, 0.15) is 5.76 Å². The van der Waals surface area contributed by atoms with E-state index in [0.717, 1.165) is 37.9 Å². The largest absolute Gasteiger partial charge is 0.468 e. The van der Waals surface area contributed by atoms with Crippen molar-refractivity contribution in [1.82, 2.24) is 15.1 Å². The normalized spacial score (nSPS) is 19.2. The molecule has 2 heterocycles. The van der Waals surface area contributed by atoms with Crippen LogP contribution in [0, 0.1) is 5.92 Å². The molecule has 0 aromatic carbocycles. The highest BCUT2D eigenvalue weighted by Crippen LogP contribution is 2.21. The van der Waals surface area contributed by atoms with Crippen LogP contribution in [0.25, 0.3) is 0 Å². The van der Waals surface area contributed by atoms with Gasteiger partial charge in [0, 0.05) is 6.54 Å². The summed E-state index contributed by atoms with van der Waals surface area (Å²) in [5.41, 5.74) is 0. The first-order valence-electron chi connectivity index (χ1n) is 8.41. The van der Waals surface area contributed by atoms with Gasteiger partial charge in [-0.2, -0.15) is 0 Å². The smallest absolute Gasteiger partial charge is 0.122 e. The molecule has 0 unspecified atom stereocenters. The summed E-state index contributed by atoms with van der Waals surface area (Å²) >= 11 is 0. The van der Waals surface area contributed by atoms with Gasteiger partial charge in [-0.25, -0.2) is 0 Å². The fraction of sp³-hybridized carbons (Fsp3) is 0.765. The molecule has 1 atom stereocenters. The first kappa shape index (κ1) is 16.5. The molecule has 0 spiro atoms. The average Bonchev–Trinajstić information content (AvgIpc) is 3.02. The molecule has 0 saturated carbocycles. The molecule has 0 amide bonds. The van der Waals surface area contributed by atoms with Crippen molar-refractivity contribution in [3.8, 4) is 0 Å². The molecule has 1 aliphatic rings. The average molecular weight is 293 g/mol. The summed E-state index contributed by atoms with van der Waals surface area (Å²) in [4.78, 5) is 4.89. The van der Waals surface area contributed by atoms with Crippen LogP contribution in [-0.4, -0.2) is 56.1 Å². The van der Waals surface area contributed by atoms with Crippen LogP contribution in [0.15, 0.2) is 22.8 Å². The Labute approximate surface area is 129 Å². The lowest BCUT2D eigenvalue weighted by molar-refractivity contribution is 0.178. The monoisotopic (exact) mass is 293 g/mol. The molecule has 0 radical (unpaired) electrons. The third-order valence-electron chi connectivity index (χ3n) is 4.73. The van der Waals surface area contributed by atoms with Crippen LogP contribution >= 0.6 is 0 Å². The zero-order valence-corrected chi connectivity index (χ0v) is 13.8. The van der Waals surface area contributed by atoms with E-state index in [1.807, 2.05) is 6.07 Å². The maximum absolute atomic E-state index is 5.65. The van der Waals surface area contributed by atoms with Crippen molar-refractivity contribution < 1.29 is 4.42 Å². The topological polar surface area (TPSA) is 31.6 Å². The number of rotatable bonds is 8. The van der Waals surface area contributed by atoms with Crippen LogP contribution in [0.3, 0.4) is 0 Å². The van der Waals surface area contributed by atoms with Gasteiger partial charge < -0.3 is 14.6 Å². The molecule has 21 heavy (non-hydrogen) atoms. The molecule has 1 aromatic heterocycles. The Morgan fingerprint density at radius 1 is 1.33 bits per heavy atom. The minimum absolute atomic E-state index is 0.348. The van der Waals surface area contributed by atoms with Crippen LogP contribution in [0.4, 0.5) is 0 Å². The molecular weight excluding hydrogens is 262 g/mol. The molecule has 2 rings (SSSR count). The number of nitrogens with one attached hydrogen (secondary N) is 1. The predicted octanol–water partition coefficient (Wildman–Crippen LogP) is 2.59. The highest BCUT2D eigenvalue weighted by atomic mass is 16.3. The lowest BCUT2D eigenvalue weighted by atomic mass is 9.97. The number of piperidine rings is 1. The lowest BCUT2D eigenvalue weighted by Gasteiger charge is -2.31. The van der Waals surface area contributed by atoms with Crippen molar-refractivity contribution in [1.29, 1.82) is 0 Å². The van der Waals surface area contributed by atoms with Gasteiger partial charge in [-0.15, -0.1) is 0 Å². The van der Waals surface area contributed by atoms with E-state index in [1.165, 1.54) is 25.9 Å². The zero-order valence-electron chi connectivity index (χ0n) is 13.8. The maximum Gasteiger partial charge on any atom is 0.122 e. The van der Waals surface area contributed by atoms with Crippen LogP contribution in [0.5, 0.6) is 0 Å². The van der Waals surface area contributed by atoms with E-state index < -0.39 is 0 Å². The van der Waals surface area contributed by atoms with Gasteiger partial charge in [0.25, 0.3) is 0 Å². The molecule has 4 heteroatoms. The number of hydrogen-bond donors (Lipinski definition) is 1. The number of furan rings is 1. The fourth-order valence-corrected chi connectivity index (χ4v) is 3.25. The Kier molecular flexibility index (Phi) is 6.74. The Morgan fingerprint density at radius 2 is 2.05 bits per heavy atom. The Bertz CT molecular complexity index is 367. The first-order chi connectivity index (χ1) is 10.2. The van der Waals surface area contributed by atoms with Gasteiger partial charge in [-0.05, 0) is 70.7 Å². The SMILES string of the molecule is CCN(CC)[C@H](CNCC1CCN(C)CC1)c1ccco1. The number of likely N-dealkylation sites (N-methyl/N-ethyl adjacent to an activating group) is 1. The minimum atomic E-state index is 0.348. The second kappa shape index (κ2) is 8.57. The van der Waals surface area contributed by atoms with Crippen molar-refractivity contribution in [3.63, 3.8) is 0 Å². The summed E-state index contributed by atoms with van der Waals surface area (Å²) in [5.74, 6) is 1.91. The van der Waals surface area contributed by atoms with E-state index >= 15 is 0 Å². The molecule has 4 nitrogen and oxygen atoms in total. The van der Waals surface area contributed by atoms with E-state index in [2.05, 4.69) is 42.1 Å². The maximum atomic E-state index is 5.65. The zero-order chi connectivity index (χ0) is 15.1. The van der Waals surface area contributed by atoms with E-state index in [0.29, 0.717) is 6.04 Å². The molecule has 120 valence electrons. The van der Waals surface area contributed by atoms with Crippen LogP contribution in [0.2, 0.25) is 0 Å². The van der Waals surface area contributed by atoms with Crippen molar-refractivity contribution in [2.24, 2.45) is 5.92 Å². The lowest BCUT2D eigenvalue weighted by Crippen LogP contribution is -2.39. The van der Waals surface area contributed by atoms with Crippen molar-refractivity contribution in [2.45, 2.75) is 32.7 Å². The summed E-state index contributed by atoms with van der Waals surface area (Å²) in [6.45, 7) is 11.1. The first-order valence-corrected chi connectivity index (χ1v) is 8.41. The molecule has 1 saturated heterocycles. The van der Waals surface area contributed by atoms with Crippen molar-refractivity contribution in [2.75, 3.05) is 46.3 Å². The van der Waals surface area contributed by atoms with Crippen molar-refractivity contribution >= 4 is 0 Å². The van der Waals surface area contributed by atoms with E-state index in [9.17, 15) is 0 Å². The van der Waals surface area contributed by atoms with Crippen LogP contribution in [-0.2, 0) is 0 Å². The Balaban J connectivity index is 1.82. The molecule has 1 aliphatic heterocycles. The van der Waals surface area contributed by atoms with Crippen LogP contribution < -0.4 is 5.32 Å². The van der Waals surface area contributed by atoms with Gasteiger partial charge in [0.05, 0.1) is 12.3 Å². The summed E-state index contributed by atoms with van der Waals surface area (Å²) < 4.78 is 5.65. The quantitative estimate of drug-likeness (QED) is 0.798. The molecular formula is C17H31N3O. The standard InChI is InChI=1S/C17H31N3O/c1-4-20(5-2)16(17-7-6-12-21-17)14-18-13-15-8-10-19(3)11-9-15/h6-7,12,15-16,18H,4-5,8-11,13-14H2,1-3H3/t16-/m1/s1. The second-order valence-corrected chi connectivity index (χ2v) is 6.16. The number of likely N-dealkylation sites (tertiary alicyclic amines) is 1. The molecule has 1 fully saturated rings. The van der Waals surface area contributed by atoms with Gasteiger partial charge in [-0.3, -0.25) is 4.90 Å². The molecule has 1 N–H and O–H groups in total. The number of hydrogen-bond acceptors (Lipinski definition) is 4. The highest BCUT2D eigenvalue weighted by Gasteiger charge is 2.21. The number of nitrogens with zero attached hydrogens (tertiary/aromatic N) is 2. The van der Waals surface area contributed by atoms with E-state index in [-0.39, 0.29) is 0 Å². The second-order valence-electron chi connectivity index (χ2n) is 6.16. The molecule has 0 aliphatic carbocycles. The summed E-state index contributed by atoms with van der Waals surface area (Å²) in [5, 5.41) is 3.69. The third kappa shape index (κ3) is 4.83. The Hall–Kier alpha value is -0.840. The minimum Gasteiger partial charge on any atom is -0.468 e. The van der Waals surface area contributed by atoms with Gasteiger partial charge >= 0.3 is 0 Å². The Morgan fingerprint density at radius 3 is 2.62 bits per heavy atom. The highest BCUT2D eigenvalue weighted by molar-refractivity contribution is 5.05. The predicted molar refractivity (Wildman–Crippen MR) is 87.5 cm³/mol.